The van der Waals surface area contributed by atoms with Crippen molar-refractivity contribution in [2.75, 3.05) is 0 Å². The minimum atomic E-state index is -1.55. The molecular formula is C14H14O5. The van der Waals surface area contributed by atoms with E-state index in [1.165, 1.54) is 0 Å². The average molecular weight is 262 g/mol. The van der Waals surface area contributed by atoms with Crippen LogP contribution in [0.5, 0.6) is 11.5 Å². The molecule has 0 aromatic heterocycles. The number of aliphatic hydroxyl groups excluding tert-OH is 2. The second-order valence-corrected chi connectivity index (χ2v) is 5.28. The van der Waals surface area contributed by atoms with Gasteiger partial charge in [0, 0.05) is 17.2 Å². The fourth-order valence-corrected chi connectivity index (χ4v) is 2.21. The molecule has 5 nitrogen and oxygen atoms in total. The summed E-state index contributed by atoms with van der Waals surface area (Å²) in [4.78, 5) is 11.4. The SMILES string of the molecule is CC1(C)C=Cc2cc3c(cc2O1)OC(=O)[C@H](O)[C@H]3O. The zero-order chi connectivity index (χ0) is 13.8. The first kappa shape index (κ1) is 12.2. The van der Waals surface area contributed by atoms with Crippen molar-refractivity contribution in [2.24, 2.45) is 0 Å². The van der Waals surface area contributed by atoms with Gasteiger partial charge in [-0.3, -0.25) is 0 Å². The lowest BCUT2D eigenvalue weighted by Gasteiger charge is -2.31. The Kier molecular flexibility index (Phi) is 2.45. The molecule has 3 rings (SSSR count). The van der Waals surface area contributed by atoms with Gasteiger partial charge in [0.1, 0.15) is 23.2 Å². The van der Waals surface area contributed by atoms with Gasteiger partial charge in [-0.05, 0) is 26.0 Å². The molecule has 0 spiro atoms. The van der Waals surface area contributed by atoms with E-state index in [1.54, 1.807) is 12.1 Å². The first-order valence-corrected chi connectivity index (χ1v) is 6.01. The van der Waals surface area contributed by atoms with Crippen molar-refractivity contribution < 1.29 is 24.5 Å². The molecule has 0 aliphatic carbocycles. The molecule has 1 aromatic rings. The van der Waals surface area contributed by atoms with Crippen LogP contribution in [0, 0.1) is 0 Å². The summed E-state index contributed by atoms with van der Waals surface area (Å²) in [6.45, 7) is 3.83. The molecule has 0 fully saturated rings. The Hall–Kier alpha value is -1.85. The molecule has 2 N–H and O–H groups in total. The molecule has 2 heterocycles. The first-order valence-electron chi connectivity index (χ1n) is 6.01. The summed E-state index contributed by atoms with van der Waals surface area (Å²) in [6.07, 6.45) is 0.967. The third-order valence-electron chi connectivity index (χ3n) is 3.25. The molecule has 2 aliphatic heterocycles. The molecule has 5 heteroatoms. The standard InChI is InChI=1S/C14H14O5/c1-14(2)4-3-7-5-8-10(6-9(7)19-14)18-13(17)12(16)11(8)15/h3-6,11-12,15-16H,1-2H3/t11-,12+/m0/s1. The number of carbonyl (C=O) groups is 1. The zero-order valence-electron chi connectivity index (χ0n) is 10.6. The highest BCUT2D eigenvalue weighted by molar-refractivity contribution is 5.81. The minimum Gasteiger partial charge on any atom is -0.483 e. The van der Waals surface area contributed by atoms with Gasteiger partial charge in [-0.25, -0.2) is 4.79 Å². The highest BCUT2D eigenvalue weighted by atomic mass is 16.6. The number of carbonyl (C=O) groups excluding carboxylic acids is 1. The van der Waals surface area contributed by atoms with Gasteiger partial charge in [-0.1, -0.05) is 6.08 Å². The number of fused-ring (bicyclic) bond motifs is 2. The summed E-state index contributed by atoms with van der Waals surface area (Å²) >= 11 is 0. The van der Waals surface area contributed by atoms with Gasteiger partial charge in [-0.2, -0.15) is 0 Å². The van der Waals surface area contributed by atoms with Crippen LogP contribution < -0.4 is 9.47 Å². The Bertz CT molecular complexity index is 588. The Balaban J connectivity index is 2.10. The molecule has 0 saturated heterocycles. The summed E-state index contributed by atoms with van der Waals surface area (Å²) in [7, 11) is 0. The Morgan fingerprint density at radius 3 is 2.63 bits per heavy atom. The molecule has 0 radical (unpaired) electrons. The lowest BCUT2D eigenvalue weighted by Crippen LogP contribution is -2.36. The molecule has 0 saturated carbocycles. The molecule has 0 bridgehead atoms. The van der Waals surface area contributed by atoms with E-state index in [1.807, 2.05) is 26.0 Å². The highest BCUT2D eigenvalue weighted by Crippen LogP contribution is 2.41. The Morgan fingerprint density at radius 2 is 1.89 bits per heavy atom. The van der Waals surface area contributed by atoms with E-state index in [9.17, 15) is 15.0 Å². The number of ether oxygens (including phenoxy) is 2. The van der Waals surface area contributed by atoms with Crippen molar-refractivity contribution in [1.82, 2.24) is 0 Å². The molecule has 0 amide bonds. The van der Waals surface area contributed by atoms with Gasteiger partial charge in [0.25, 0.3) is 0 Å². The fraction of sp³-hybridized carbons (Fsp3) is 0.357. The Labute approximate surface area is 110 Å². The number of hydrogen-bond acceptors (Lipinski definition) is 5. The van der Waals surface area contributed by atoms with E-state index >= 15 is 0 Å². The van der Waals surface area contributed by atoms with E-state index in [-0.39, 0.29) is 5.75 Å². The van der Waals surface area contributed by atoms with Crippen molar-refractivity contribution in [2.45, 2.75) is 31.7 Å². The predicted molar refractivity (Wildman–Crippen MR) is 66.8 cm³/mol. The maximum atomic E-state index is 11.4. The van der Waals surface area contributed by atoms with Gasteiger partial charge in [0.05, 0.1) is 0 Å². The summed E-state index contributed by atoms with van der Waals surface area (Å²) in [6, 6.07) is 3.24. The van der Waals surface area contributed by atoms with Crippen molar-refractivity contribution >= 4 is 12.0 Å². The van der Waals surface area contributed by atoms with Crippen LogP contribution in [0.15, 0.2) is 18.2 Å². The number of rotatable bonds is 0. The monoisotopic (exact) mass is 262 g/mol. The van der Waals surface area contributed by atoms with Crippen molar-refractivity contribution in [3.63, 3.8) is 0 Å². The van der Waals surface area contributed by atoms with Crippen LogP contribution in [0.25, 0.3) is 6.08 Å². The van der Waals surface area contributed by atoms with Crippen LogP contribution in [-0.4, -0.2) is 27.9 Å². The molecule has 100 valence electrons. The second kappa shape index (κ2) is 3.82. The van der Waals surface area contributed by atoms with Crippen LogP contribution in [0.4, 0.5) is 0 Å². The third-order valence-corrected chi connectivity index (χ3v) is 3.25. The first-order chi connectivity index (χ1) is 8.87. The number of esters is 1. The van der Waals surface area contributed by atoms with E-state index in [0.29, 0.717) is 11.3 Å². The summed E-state index contributed by atoms with van der Waals surface area (Å²) in [5.74, 6) is -0.0409. The lowest BCUT2D eigenvalue weighted by atomic mass is 9.95. The second-order valence-electron chi connectivity index (χ2n) is 5.28. The molecule has 0 unspecified atom stereocenters. The van der Waals surface area contributed by atoms with Crippen LogP contribution in [-0.2, 0) is 4.79 Å². The lowest BCUT2D eigenvalue weighted by molar-refractivity contribution is -0.153. The van der Waals surface area contributed by atoms with Crippen molar-refractivity contribution in [1.29, 1.82) is 0 Å². The summed E-state index contributed by atoms with van der Waals surface area (Å²) < 4.78 is 10.8. The molecular weight excluding hydrogens is 248 g/mol. The van der Waals surface area contributed by atoms with E-state index < -0.39 is 23.8 Å². The van der Waals surface area contributed by atoms with Gasteiger partial charge < -0.3 is 19.7 Å². The van der Waals surface area contributed by atoms with Gasteiger partial charge in [-0.15, -0.1) is 0 Å². The van der Waals surface area contributed by atoms with Crippen molar-refractivity contribution in [3.05, 3.63) is 29.3 Å². The van der Waals surface area contributed by atoms with Crippen LogP contribution in [0.1, 0.15) is 31.1 Å². The smallest absolute Gasteiger partial charge is 0.343 e. The molecule has 1 aromatic carbocycles. The number of hydrogen-bond donors (Lipinski definition) is 2. The van der Waals surface area contributed by atoms with E-state index in [0.717, 1.165) is 5.56 Å². The quantitative estimate of drug-likeness (QED) is 0.542. The summed E-state index contributed by atoms with van der Waals surface area (Å²) in [5, 5.41) is 19.4. The Morgan fingerprint density at radius 1 is 1.16 bits per heavy atom. The summed E-state index contributed by atoms with van der Waals surface area (Å²) in [5.41, 5.74) is 0.735. The molecule has 2 aliphatic rings. The highest BCUT2D eigenvalue weighted by Gasteiger charge is 2.36. The largest absolute Gasteiger partial charge is 0.483 e. The van der Waals surface area contributed by atoms with Crippen molar-refractivity contribution in [3.8, 4) is 11.5 Å². The van der Waals surface area contributed by atoms with E-state index in [2.05, 4.69) is 0 Å². The number of benzene rings is 1. The topological polar surface area (TPSA) is 76.0 Å². The fourth-order valence-electron chi connectivity index (χ4n) is 2.21. The average Bonchev–Trinajstić information content (AvgIpc) is 2.33. The maximum absolute atomic E-state index is 11.4. The van der Waals surface area contributed by atoms with Gasteiger partial charge in [0.2, 0.25) is 0 Å². The number of aliphatic hydroxyl groups is 2. The van der Waals surface area contributed by atoms with Crippen LogP contribution >= 0.6 is 0 Å². The normalized spacial score (nSPS) is 27.1. The van der Waals surface area contributed by atoms with Crippen LogP contribution in [0.2, 0.25) is 0 Å². The van der Waals surface area contributed by atoms with Crippen LogP contribution in [0.3, 0.4) is 0 Å². The zero-order valence-corrected chi connectivity index (χ0v) is 10.6. The third kappa shape index (κ3) is 1.91. The van der Waals surface area contributed by atoms with E-state index in [4.69, 9.17) is 9.47 Å². The predicted octanol–water partition coefficient (Wildman–Crippen LogP) is 1.18. The minimum absolute atomic E-state index is 0.229. The van der Waals surface area contributed by atoms with Gasteiger partial charge in [0.15, 0.2) is 6.10 Å². The van der Waals surface area contributed by atoms with Gasteiger partial charge >= 0.3 is 5.97 Å². The molecule has 2 atom stereocenters. The molecule has 19 heavy (non-hydrogen) atoms. The maximum Gasteiger partial charge on any atom is 0.343 e.